The summed E-state index contributed by atoms with van der Waals surface area (Å²) in [5.74, 6) is 0.417. The van der Waals surface area contributed by atoms with Gasteiger partial charge >= 0.3 is 0 Å². The van der Waals surface area contributed by atoms with Gasteiger partial charge in [0.05, 0.1) is 6.61 Å². The van der Waals surface area contributed by atoms with Gasteiger partial charge < -0.3 is 15.8 Å². The van der Waals surface area contributed by atoms with Crippen LogP contribution >= 0.6 is 0 Å². The summed E-state index contributed by atoms with van der Waals surface area (Å²) in [6, 6.07) is -0.291. The van der Waals surface area contributed by atoms with Gasteiger partial charge in [-0.3, -0.25) is 4.79 Å². The molecule has 1 amide bonds. The number of carbonyl (C=O) groups excluding carboxylic acids is 1. The third kappa shape index (κ3) is 4.28. The number of nitrogens with two attached hydrogens (primary N) is 1. The molecule has 4 nitrogen and oxygen atoms in total. The van der Waals surface area contributed by atoms with Gasteiger partial charge in [0.15, 0.2) is 0 Å². The van der Waals surface area contributed by atoms with Crippen molar-refractivity contribution in [2.45, 2.75) is 52.1 Å². The molecule has 0 aromatic heterocycles. The highest BCUT2D eigenvalue weighted by molar-refractivity contribution is 5.81. The summed E-state index contributed by atoms with van der Waals surface area (Å²) in [7, 11) is 1.55. The van der Waals surface area contributed by atoms with E-state index in [0.717, 1.165) is 19.3 Å². The SMILES string of the molecule is COCC(N)C(=O)NC1CCC(C)(C)CC1C. The van der Waals surface area contributed by atoms with Gasteiger partial charge in [0, 0.05) is 13.2 Å². The number of amides is 1. The Labute approximate surface area is 104 Å². The van der Waals surface area contributed by atoms with Crippen molar-refractivity contribution >= 4 is 5.91 Å². The highest BCUT2D eigenvalue weighted by Gasteiger charge is 2.33. The Bertz CT molecular complexity index is 266. The molecule has 100 valence electrons. The van der Waals surface area contributed by atoms with E-state index in [1.165, 1.54) is 0 Å². The number of nitrogens with one attached hydrogen (secondary N) is 1. The maximum atomic E-state index is 11.8. The first kappa shape index (κ1) is 14.5. The van der Waals surface area contributed by atoms with E-state index in [4.69, 9.17) is 10.5 Å². The third-order valence-corrected chi connectivity index (χ3v) is 3.70. The molecule has 0 radical (unpaired) electrons. The zero-order valence-electron chi connectivity index (χ0n) is 11.5. The second-order valence-corrected chi connectivity index (χ2v) is 6.06. The number of carbonyl (C=O) groups is 1. The van der Waals surface area contributed by atoms with E-state index in [0.29, 0.717) is 11.3 Å². The van der Waals surface area contributed by atoms with Crippen molar-refractivity contribution in [1.82, 2.24) is 5.32 Å². The first-order valence-corrected chi connectivity index (χ1v) is 6.40. The molecule has 3 N–H and O–H groups in total. The molecular weight excluding hydrogens is 216 g/mol. The van der Waals surface area contributed by atoms with Crippen LogP contribution in [-0.4, -0.2) is 31.7 Å². The minimum atomic E-state index is -0.554. The third-order valence-electron chi connectivity index (χ3n) is 3.70. The molecule has 0 saturated heterocycles. The number of methoxy groups -OCH3 is 1. The summed E-state index contributed by atoms with van der Waals surface area (Å²) in [5.41, 5.74) is 6.10. The lowest BCUT2D eigenvalue weighted by molar-refractivity contribution is -0.125. The van der Waals surface area contributed by atoms with Crippen LogP contribution in [0.5, 0.6) is 0 Å². The summed E-state index contributed by atoms with van der Waals surface area (Å²) in [5, 5.41) is 3.05. The van der Waals surface area contributed by atoms with Crippen molar-refractivity contribution < 1.29 is 9.53 Å². The Hall–Kier alpha value is -0.610. The van der Waals surface area contributed by atoms with Gasteiger partial charge in [0.2, 0.25) is 5.91 Å². The van der Waals surface area contributed by atoms with Gasteiger partial charge in [-0.25, -0.2) is 0 Å². The van der Waals surface area contributed by atoms with E-state index in [9.17, 15) is 4.79 Å². The Balaban J connectivity index is 2.45. The van der Waals surface area contributed by atoms with Crippen LogP contribution in [-0.2, 0) is 9.53 Å². The van der Waals surface area contributed by atoms with Crippen LogP contribution in [0.2, 0.25) is 0 Å². The number of hydrogen-bond donors (Lipinski definition) is 2. The average molecular weight is 242 g/mol. The van der Waals surface area contributed by atoms with E-state index in [1.807, 2.05) is 0 Å². The molecule has 0 aromatic carbocycles. The Morgan fingerprint density at radius 3 is 2.76 bits per heavy atom. The quantitative estimate of drug-likeness (QED) is 0.781. The summed E-state index contributed by atoms with van der Waals surface area (Å²) in [6.07, 6.45) is 3.35. The van der Waals surface area contributed by atoms with Crippen molar-refractivity contribution in [3.8, 4) is 0 Å². The number of ether oxygens (including phenoxy) is 1. The van der Waals surface area contributed by atoms with Crippen LogP contribution < -0.4 is 11.1 Å². The van der Waals surface area contributed by atoms with Gasteiger partial charge in [-0.1, -0.05) is 20.8 Å². The molecular formula is C13H26N2O2. The summed E-state index contributed by atoms with van der Waals surface area (Å²) < 4.78 is 4.89. The first-order chi connectivity index (χ1) is 7.85. The molecule has 1 saturated carbocycles. The molecule has 0 aromatic rings. The van der Waals surface area contributed by atoms with Crippen molar-refractivity contribution in [3.63, 3.8) is 0 Å². The average Bonchev–Trinajstić information content (AvgIpc) is 2.21. The zero-order chi connectivity index (χ0) is 13.1. The molecule has 1 aliphatic carbocycles. The highest BCUT2D eigenvalue weighted by Crippen LogP contribution is 2.38. The Morgan fingerprint density at radius 1 is 1.59 bits per heavy atom. The molecule has 1 fully saturated rings. The number of hydrogen-bond acceptors (Lipinski definition) is 3. The van der Waals surface area contributed by atoms with E-state index in [1.54, 1.807) is 7.11 Å². The summed E-state index contributed by atoms with van der Waals surface area (Å²) in [6.45, 7) is 7.06. The van der Waals surface area contributed by atoms with Gasteiger partial charge in [-0.05, 0) is 30.6 Å². The van der Waals surface area contributed by atoms with Crippen LogP contribution in [0.3, 0.4) is 0 Å². The lowest BCUT2D eigenvalue weighted by Crippen LogP contribution is -2.51. The van der Waals surface area contributed by atoms with Crippen molar-refractivity contribution in [2.75, 3.05) is 13.7 Å². The lowest BCUT2D eigenvalue weighted by atomic mass is 9.70. The van der Waals surface area contributed by atoms with E-state index >= 15 is 0 Å². The lowest BCUT2D eigenvalue weighted by Gasteiger charge is -2.39. The molecule has 1 rings (SSSR count). The molecule has 0 heterocycles. The summed E-state index contributed by atoms with van der Waals surface area (Å²) >= 11 is 0. The van der Waals surface area contributed by atoms with E-state index in [-0.39, 0.29) is 18.6 Å². The maximum absolute atomic E-state index is 11.8. The Morgan fingerprint density at radius 2 is 2.24 bits per heavy atom. The monoisotopic (exact) mass is 242 g/mol. The fraction of sp³-hybridized carbons (Fsp3) is 0.923. The molecule has 3 unspecified atom stereocenters. The second kappa shape index (κ2) is 5.83. The fourth-order valence-corrected chi connectivity index (χ4v) is 2.71. The molecule has 0 spiro atoms. The molecule has 17 heavy (non-hydrogen) atoms. The van der Waals surface area contributed by atoms with Crippen molar-refractivity contribution in [3.05, 3.63) is 0 Å². The topological polar surface area (TPSA) is 64.3 Å². The molecule has 1 aliphatic rings. The minimum Gasteiger partial charge on any atom is -0.383 e. The first-order valence-electron chi connectivity index (χ1n) is 6.40. The standard InChI is InChI=1S/C13H26N2O2/c1-9-7-13(2,3)6-5-11(9)15-12(16)10(14)8-17-4/h9-11H,5-8,14H2,1-4H3,(H,15,16). The molecule has 0 aliphatic heterocycles. The van der Waals surface area contributed by atoms with Gasteiger partial charge in [-0.2, -0.15) is 0 Å². The maximum Gasteiger partial charge on any atom is 0.239 e. The van der Waals surface area contributed by atoms with Crippen LogP contribution in [0.25, 0.3) is 0 Å². The molecule has 3 atom stereocenters. The van der Waals surface area contributed by atoms with E-state index in [2.05, 4.69) is 26.1 Å². The number of rotatable bonds is 4. The smallest absolute Gasteiger partial charge is 0.239 e. The van der Waals surface area contributed by atoms with Crippen molar-refractivity contribution in [1.29, 1.82) is 0 Å². The zero-order valence-corrected chi connectivity index (χ0v) is 11.5. The van der Waals surface area contributed by atoms with Crippen LogP contribution in [0.4, 0.5) is 0 Å². The second-order valence-electron chi connectivity index (χ2n) is 6.06. The normalized spacial score (nSPS) is 29.7. The Kier molecular flexibility index (Phi) is 4.95. The van der Waals surface area contributed by atoms with Gasteiger partial charge in [0.1, 0.15) is 6.04 Å². The predicted octanol–water partition coefficient (Wildman–Crippen LogP) is 1.29. The van der Waals surface area contributed by atoms with Crippen LogP contribution in [0.15, 0.2) is 0 Å². The summed E-state index contributed by atoms with van der Waals surface area (Å²) in [4.78, 5) is 11.8. The van der Waals surface area contributed by atoms with Crippen molar-refractivity contribution in [2.24, 2.45) is 17.1 Å². The fourth-order valence-electron chi connectivity index (χ4n) is 2.71. The largest absolute Gasteiger partial charge is 0.383 e. The highest BCUT2D eigenvalue weighted by atomic mass is 16.5. The molecule has 0 bridgehead atoms. The van der Waals surface area contributed by atoms with Crippen LogP contribution in [0, 0.1) is 11.3 Å². The van der Waals surface area contributed by atoms with E-state index < -0.39 is 6.04 Å². The predicted molar refractivity (Wildman–Crippen MR) is 68.6 cm³/mol. The van der Waals surface area contributed by atoms with Crippen LogP contribution in [0.1, 0.15) is 40.0 Å². The van der Waals surface area contributed by atoms with Gasteiger partial charge in [0.25, 0.3) is 0 Å². The van der Waals surface area contributed by atoms with Gasteiger partial charge in [-0.15, -0.1) is 0 Å². The molecule has 4 heteroatoms. The minimum absolute atomic E-state index is 0.0941.